The third kappa shape index (κ3) is 2.90. The minimum atomic E-state index is 0.244. The number of rotatable bonds is 1. The van der Waals surface area contributed by atoms with E-state index >= 15 is 0 Å². The summed E-state index contributed by atoms with van der Waals surface area (Å²) in [6, 6.07) is 3.27. The molecule has 0 atom stereocenters. The van der Waals surface area contributed by atoms with E-state index in [0.29, 0.717) is 5.56 Å². The fraction of sp³-hybridized carbons (Fsp3) is 0.364. The van der Waals surface area contributed by atoms with E-state index in [1.54, 1.807) is 26.0 Å². The summed E-state index contributed by atoms with van der Waals surface area (Å²) < 4.78 is 0. The Labute approximate surface area is 79.2 Å². The molecule has 0 fully saturated rings. The molecule has 1 aromatic carbocycles. The topological polar surface area (TPSA) is 37.3 Å². The van der Waals surface area contributed by atoms with Crippen molar-refractivity contribution in [3.8, 4) is 5.75 Å². The van der Waals surface area contributed by atoms with Gasteiger partial charge < -0.3 is 5.11 Å². The first kappa shape index (κ1) is 11.7. The Morgan fingerprint density at radius 3 is 2.15 bits per heavy atom. The quantitative estimate of drug-likeness (QED) is 0.675. The predicted octanol–water partition coefficient (Wildman–Crippen LogP) is 2.85. The molecule has 0 aliphatic heterocycles. The number of aromatic hydroxyl groups is 1. The summed E-state index contributed by atoms with van der Waals surface area (Å²) in [6.45, 7) is 7.56. The van der Waals surface area contributed by atoms with Gasteiger partial charge in [0, 0.05) is 5.56 Å². The van der Waals surface area contributed by atoms with Crippen LogP contribution in [0.1, 0.15) is 35.3 Å². The van der Waals surface area contributed by atoms with E-state index in [0.717, 1.165) is 17.4 Å². The molecule has 0 aliphatic rings. The summed E-state index contributed by atoms with van der Waals surface area (Å²) in [5.41, 5.74) is 2.18. The van der Waals surface area contributed by atoms with Crippen LogP contribution in [-0.2, 0) is 0 Å². The Hall–Kier alpha value is -1.31. The monoisotopic (exact) mass is 180 g/mol. The SMILES string of the molecule is CC.Cc1cc(C=O)c(C)cc1O. The average Bonchev–Trinajstić information content (AvgIpc) is 2.15. The maximum atomic E-state index is 10.4. The Morgan fingerprint density at radius 2 is 1.69 bits per heavy atom. The van der Waals surface area contributed by atoms with E-state index in [1.807, 2.05) is 13.8 Å². The summed E-state index contributed by atoms with van der Waals surface area (Å²) in [5, 5.41) is 9.20. The second-order valence-corrected chi connectivity index (χ2v) is 2.61. The number of phenols is 1. The third-order valence-electron chi connectivity index (χ3n) is 1.71. The molecule has 0 bridgehead atoms. The van der Waals surface area contributed by atoms with E-state index in [2.05, 4.69) is 0 Å². The van der Waals surface area contributed by atoms with Crippen LogP contribution in [0.2, 0.25) is 0 Å². The molecule has 2 heteroatoms. The molecule has 13 heavy (non-hydrogen) atoms. The second-order valence-electron chi connectivity index (χ2n) is 2.61. The first-order chi connectivity index (χ1) is 6.15. The molecular weight excluding hydrogens is 164 g/mol. The Morgan fingerprint density at radius 1 is 1.15 bits per heavy atom. The Balaban J connectivity index is 0.000000671. The molecular formula is C11H16O2. The van der Waals surface area contributed by atoms with Crippen molar-refractivity contribution < 1.29 is 9.90 Å². The normalized spacial score (nSPS) is 8.62. The van der Waals surface area contributed by atoms with Crippen LogP contribution in [0.15, 0.2) is 12.1 Å². The molecule has 72 valence electrons. The zero-order valence-electron chi connectivity index (χ0n) is 8.59. The van der Waals surface area contributed by atoms with E-state index in [-0.39, 0.29) is 5.75 Å². The van der Waals surface area contributed by atoms with Gasteiger partial charge in [-0.25, -0.2) is 0 Å². The number of hydrogen-bond donors (Lipinski definition) is 1. The van der Waals surface area contributed by atoms with Gasteiger partial charge in [-0.3, -0.25) is 4.79 Å². The molecule has 1 aromatic rings. The zero-order chi connectivity index (χ0) is 10.4. The summed E-state index contributed by atoms with van der Waals surface area (Å²) in [5.74, 6) is 0.244. The first-order valence-corrected chi connectivity index (χ1v) is 4.40. The number of hydrogen-bond acceptors (Lipinski definition) is 2. The van der Waals surface area contributed by atoms with Gasteiger partial charge in [-0.2, -0.15) is 0 Å². The third-order valence-corrected chi connectivity index (χ3v) is 1.71. The van der Waals surface area contributed by atoms with Crippen molar-refractivity contribution in [1.82, 2.24) is 0 Å². The van der Waals surface area contributed by atoms with Gasteiger partial charge in [0.25, 0.3) is 0 Å². The zero-order valence-corrected chi connectivity index (χ0v) is 8.59. The molecule has 0 amide bonds. The lowest BCUT2D eigenvalue weighted by molar-refractivity contribution is 0.112. The van der Waals surface area contributed by atoms with Crippen LogP contribution >= 0.6 is 0 Å². The van der Waals surface area contributed by atoms with Gasteiger partial charge >= 0.3 is 0 Å². The lowest BCUT2D eigenvalue weighted by atomic mass is 10.1. The maximum absolute atomic E-state index is 10.4. The van der Waals surface area contributed by atoms with Crippen LogP contribution in [0.4, 0.5) is 0 Å². The molecule has 0 radical (unpaired) electrons. The average molecular weight is 180 g/mol. The minimum absolute atomic E-state index is 0.244. The highest BCUT2D eigenvalue weighted by atomic mass is 16.3. The van der Waals surface area contributed by atoms with Crippen LogP contribution in [0.25, 0.3) is 0 Å². The van der Waals surface area contributed by atoms with Gasteiger partial charge in [0.2, 0.25) is 0 Å². The number of benzene rings is 1. The van der Waals surface area contributed by atoms with Crippen LogP contribution < -0.4 is 0 Å². The van der Waals surface area contributed by atoms with Crippen molar-refractivity contribution >= 4 is 6.29 Å². The van der Waals surface area contributed by atoms with Crippen molar-refractivity contribution in [2.45, 2.75) is 27.7 Å². The highest BCUT2D eigenvalue weighted by Crippen LogP contribution is 2.19. The minimum Gasteiger partial charge on any atom is -0.508 e. The van der Waals surface area contributed by atoms with Crippen molar-refractivity contribution in [2.24, 2.45) is 0 Å². The second kappa shape index (κ2) is 5.36. The van der Waals surface area contributed by atoms with Crippen LogP contribution in [0, 0.1) is 13.8 Å². The van der Waals surface area contributed by atoms with Crippen LogP contribution in [0.3, 0.4) is 0 Å². The van der Waals surface area contributed by atoms with Crippen molar-refractivity contribution in [2.75, 3.05) is 0 Å². The van der Waals surface area contributed by atoms with Gasteiger partial charge in [0.15, 0.2) is 0 Å². The molecule has 1 rings (SSSR count). The molecule has 0 heterocycles. The number of carbonyl (C=O) groups excluding carboxylic acids is 1. The first-order valence-electron chi connectivity index (χ1n) is 4.40. The molecule has 0 spiro atoms. The lowest BCUT2D eigenvalue weighted by Gasteiger charge is -2.02. The number of aldehydes is 1. The van der Waals surface area contributed by atoms with Crippen LogP contribution in [-0.4, -0.2) is 11.4 Å². The van der Waals surface area contributed by atoms with Gasteiger partial charge in [-0.15, -0.1) is 0 Å². The standard InChI is InChI=1S/C9H10O2.C2H6/c1-6-4-9(11)7(2)3-8(6)5-10;1-2/h3-5,11H,1-2H3;1-2H3. The fourth-order valence-electron chi connectivity index (χ4n) is 0.950. The lowest BCUT2D eigenvalue weighted by Crippen LogP contribution is -1.87. The van der Waals surface area contributed by atoms with E-state index < -0.39 is 0 Å². The Kier molecular flexibility index (Phi) is 4.82. The summed E-state index contributed by atoms with van der Waals surface area (Å²) in [7, 11) is 0. The molecule has 1 N–H and O–H groups in total. The molecule has 0 saturated heterocycles. The summed E-state index contributed by atoms with van der Waals surface area (Å²) in [4.78, 5) is 10.4. The van der Waals surface area contributed by atoms with Gasteiger partial charge in [-0.05, 0) is 37.1 Å². The van der Waals surface area contributed by atoms with E-state index in [4.69, 9.17) is 0 Å². The van der Waals surface area contributed by atoms with Crippen molar-refractivity contribution in [3.05, 3.63) is 28.8 Å². The van der Waals surface area contributed by atoms with Crippen molar-refractivity contribution in [3.63, 3.8) is 0 Å². The summed E-state index contributed by atoms with van der Waals surface area (Å²) in [6.07, 6.45) is 0.793. The highest BCUT2D eigenvalue weighted by molar-refractivity contribution is 5.78. The smallest absolute Gasteiger partial charge is 0.150 e. The van der Waals surface area contributed by atoms with Gasteiger partial charge in [0.05, 0.1) is 0 Å². The summed E-state index contributed by atoms with van der Waals surface area (Å²) >= 11 is 0. The van der Waals surface area contributed by atoms with Crippen LogP contribution in [0.5, 0.6) is 5.75 Å². The number of carbonyl (C=O) groups is 1. The predicted molar refractivity (Wildman–Crippen MR) is 54.3 cm³/mol. The molecule has 0 saturated carbocycles. The van der Waals surface area contributed by atoms with E-state index in [1.165, 1.54) is 0 Å². The maximum Gasteiger partial charge on any atom is 0.150 e. The van der Waals surface area contributed by atoms with Gasteiger partial charge in [-0.1, -0.05) is 13.8 Å². The largest absolute Gasteiger partial charge is 0.508 e. The van der Waals surface area contributed by atoms with Gasteiger partial charge in [0.1, 0.15) is 12.0 Å². The molecule has 0 aliphatic carbocycles. The fourth-order valence-corrected chi connectivity index (χ4v) is 0.950. The molecule has 0 aromatic heterocycles. The van der Waals surface area contributed by atoms with Crippen molar-refractivity contribution in [1.29, 1.82) is 0 Å². The highest BCUT2D eigenvalue weighted by Gasteiger charge is 2.00. The Bertz CT molecular complexity index is 290. The van der Waals surface area contributed by atoms with E-state index in [9.17, 15) is 9.90 Å². The number of phenolic OH excluding ortho intramolecular Hbond substituents is 1. The number of aryl methyl sites for hydroxylation is 2. The molecule has 2 nitrogen and oxygen atoms in total. The molecule has 0 unspecified atom stereocenters.